The van der Waals surface area contributed by atoms with Crippen LogP contribution in [0.1, 0.15) is 12.0 Å². The second-order valence-electron chi connectivity index (χ2n) is 3.86. The molecule has 0 fully saturated rings. The molecule has 0 spiro atoms. The van der Waals surface area contributed by atoms with Crippen molar-refractivity contribution in [3.8, 4) is 5.75 Å². The third-order valence-corrected chi connectivity index (χ3v) is 2.34. The minimum atomic E-state index is -0.808. The van der Waals surface area contributed by atoms with Gasteiger partial charge in [-0.05, 0) is 18.1 Å². The lowest BCUT2D eigenvalue weighted by atomic mass is 10.1. The van der Waals surface area contributed by atoms with E-state index < -0.39 is 6.10 Å². The molecule has 0 heterocycles. The summed E-state index contributed by atoms with van der Waals surface area (Å²) in [6.07, 6.45) is 1.75. The van der Waals surface area contributed by atoms with Crippen LogP contribution in [0, 0.1) is 0 Å². The summed E-state index contributed by atoms with van der Waals surface area (Å²) < 4.78 is 5.51. The van der Waals surface area contributed by atoms with Gasteiger partial charge in [-0.3, -0.25) is 0 Å². The number of hydrogen-bond donors (Lipinski definition) is 3. The first-order chi connectivity index (χ1) is 8.67. The molecule has 1 aromatic rings. The second-order valence-corrected chi connectivity index (χ2v) is 3.86. The van der Waals surface area contributed by atoms with Gasteiger partial charge in [0.25, 0.3) is 0 Å². The van der Waals surface area contributed by atoms with E-state index >= 15 is 0 Å². The Labute approximate surface area is 106 Å². The molecule has 1 rings (SSSR count). The first kappa shape index (κ1) is 14.1. The Morgan fingerprint density at radius 3 is 2.89 bits per heavy atom. The maximum absolute atomic E-state index is 9.62. The van der Waals surface area contributed by atoms with Gasteiger partial charge in [0.1, 0.15) is 18.2 Å². The highest BCUT2D eigenvalue weighted by Gasteiger charge is 2.09. The molecule has 1 aromatic carbocycles. The van der Waals surface area contributed by atoms with Gasteiger partial charge >= 0.3 is 0 Å². The minimum absolute atomic E-state index is 0.0227. The summed E-state index contributed by atoms with van der Waals surface area (Å²) >= 11 is 0. The van der Waals surface area contributed by atoms with E-state index in [1.807, 2.05) is 24.3 Å². The molecule has 5 heteroatoms. The summed E-state index contributed by atoms with van der Waals surface area (Å²) in [5.41, 5.74) is 6.29. The van der Waals surface area contributed by atoms with Gasteiger partial charge in [-0.25, -0.2) is 0 Å². The van der Waals surface area contributed by atoms with Gasteiger partial charge < -0.3 is 20.8 Å². The van der Waals surface area contributed by atoms with Crippen molar-refractivity contribution in [2.45, 2.75) is 18.9 Å². The zero-order valence-corrected chi connectivity index (χ0v) is 10.1. The van der Waals surface area contributed by atoms with Gasteiger partial charge in [0, 0.05) is 6.42 Å². The van der Waals surface area contributed by atoms with E-state index in [1.54, 1.807) is 6.08 Å². The quantitative estimate of drug-likeness (QED) is 0.224. The van der Waals surface area contributed by atoms with Crippen molar-refractivity contribution >= 4 is 5.84 Å². The molecule has 5 nitrogen and oxygen atoms in total. The van der Waals surface area contributed by atoms with Gasteiger partial charge in [-0.2, -0.15) is 0 Å². The molecular formula is C13H18N2O3. The van der Waals surface area contributed by atoms with E-state index in [0.717, 1.165) is 5.56 Å². The smallest absolute Gasteiger partial charge is 0.141 e. The van der Waals surface area contributed by atoms with E-state index in [4.69, 9.17) is 15.7 Å². The normalized spacial score (nSPS) is 13.1. The lowest BCUT2D eigenvalue weighted by Gasteiger charge is -2.13. The topological polar surface area (TPSA) is 88.1 Å². The SMILES string of the molecule is C=CCc1ccccc1OCC(O)CC(N)=NO. The fourth-order valence-corrected chi connectivity index (χ4v) is 1.50. The van der Waals surface area contributed by atoms with E-state index in [-0.39, 0.29) is 18.9 Å². The molecule has 98 valence electrons. The van der Waals surface area contributed by atoms with Gasteiger partial charge in [0.2, 0.25) is 0 Å². The van der Waals surface area contributed by atoms with Crippen LogP contribution in [0.5, 0.6) is 5.75 Å². The monoisotopic (exact) mass is 250 g/mol. The van der Waals surface area contributed by atoms with E-state index in [9.17, 15) is 5.11 Å². The molecule has 0 bridgehead atoms. The number of oxime groups is 1. The van der Waals surface area contributed by atoms with Crippen molar-refractivity contribution in [2.75, 3.05) is 6.61 Å². The average Bonchev–Trinajstić information content (AvgIpc) is 2.38. The predicted octanol–water partition coefficient (Wildman–Crippen LogP) is 1.29. The Morgan fingerprint density at radius 2 is 2.22 bits per heavy atom. The number of aliphatic hydroxyl groups excluding tert-OH is 1. The molecule has 0 aliphatic carbocycles. The van der Waals surface area contributed by atoms with Crippen LogP contribution in [-0.2, 0) is 6.42 Å². The van der Waals surface area contributed by atoms with Crippen molar-refractivity contribution in [1.82, 2.24) is 0 Å². The van der Waals surface area contributed by atoms with Crippen LogP contribution in [0.25, 0.3) is 0 Å². The third kappa shape index (κ3) is 4.47. The first-order valence-corrected chi connectivity index (χ1v) is 5.63. The van der Waals surface area contributed by atoms with E-state index in [1.165, 1.54) is 0 Å². The molecule has 0 aliphatic heterocycles. The lowest BCUT2D eigenvalue weighted by molar-refractivity contribution is 0.112. The number of para-hydroxylation sites is 1. The highest BCUT2D eigenvalue weighted by molar-refractivity contribution is 5.80. The van der Waals surface area contributed by atoms with Crippen molar-refractivity contribution in [3.63, 3.8) is 0 Å². The van der Waals surface area contributed by atoms with Crippen molar-refractivity contribution < 1.29 is 15.1 Å². The molecule has 4 N–H and O–H groups in total. The Morgan fingerprint density at radius 1 is 1.50 bits per heavy atom. The van der Waals surface area contributed by atoms with Crippen LogP contribution in [0.4, 0.5) is 0 Å². The van der Waals surface area contributed by atoms with Gasteiger partial charge in [0.05, 0.1) is 6.10 Å². The van der Waals surface area contributed by atoms with Crippen LogP contribution in [0.3, 0.4) is 0 Å². The van der Waals surface area contributed by atoms with Crippen LogP contribution >= 0.6 is 0 Å². The van der Waals surface area contributed by atoms with Crippen LogP contribution in [-0.4, -0.2) is 28.9 Å². The Balaban J connectivity index is 2.55. The number of rotatable bonds is 7. The summed E-state index contributed by atoms with van der Waals surface area (Å²) in [7, 11) is 0. The number of nitrogens with two attached hydrogens (primary N) is 1. The van der Waals surface area contributed by atoms with Crippen LogP contribution < -0.4 is 10.5 Å². The highest BCUT2D eigenvalue weighted by atomic mass is 16.5. The maximum atomic E-state index is 9.62. The molecular weight excluding hydrogens is 232 g/mol. The summed E-state index contributed by atoms with van der Waals surface area (Å²) in [6, 6.07) is 7.54. The van der Waals surface area contributed by atoms with Crippen molar-refractivity contribution in [2.24, 2.45) is 10.9 Å². The number of amidine groups is 1. The van der Waals surface area contributed by atoms with Gasteiger partial charge in [0.15, 0.2) is 0 Å². The Kier molecular flexibility index (Phi) is 5.73. The molecule has 0 saturated heterocycles. The standard InChI is InChI=1S/C13H18N2O3/c1-2-5-10-6-3-4-7-12(10)18-9-11(16)8-13(14)15-17/h2-4,6-7,11,16-17H,1,5,8-9H2,(H2,14,15). The van der Waals surface area contributed by atoms with E-state index in [2.05, 4.69) is 11.7 Å². The number of allylic oxidation sites excluding steroid dienone is 1. The minimum Gasteiger partial charge on any atom is -0.491 e. The van der Waals surface area contributed by atoms with Crippen molar-refractivity contribution in [3.05, 3.63) is 42.5 Å². The zero-order valence-electron chi connectivity index (χ0n) is 10.1. The molecule has 0 radical (unpaired) electrons. The summed E-state index contributed by atoms with van der Waals surface area (Å²) in [4.78, 5) is 0. The van der Waals surface area contributed by atoms with Gasteiger partial charge in [-0.1, -0.05) is 29.4 Å². The second kappa shape index (κ2) is 7.34. The lowest BCUT2D eigenvalue weighted by Crippen LogP contribution is -2.25. The Bertz CT molecular complexity index is 418. The molecule has 18 heavy (non-hydrogen) atoms. The molecule has 0 amide bonds. The summed E-state index contributed by atoms with van der Waals surface area (Å²) in [5, 5.41) is 20.8. The molecule has 1 unspecified atom stereocenters. The number of hydrogen-bond acceptors (Lipinski definition) is 4. The molecule has 0 saturated carbocycles. The fourth-order valence-electron chi connectivity index (χ4n) is 1.50. The number of nitrogens with zero attached hydrogens (tertiary/aromatic N) is 1. The van der Waals surface area contributed by atoms with E-state index in [0.29, 0.717) is 12.2 Å². The highest BCUT2D eigenvalue weighted by Crippen LogP contribution is 2.19. The largest absolute Gasteiger partial charge is 0.491 e. The summed E-state index contributed by atoms with van der Waals surface area (Å²) in [6.45, 7) is 3.77. The summed E-state index contributed by atoms with van der Waals surface area (Å²) in [5.74, 6) is 0.682. The predicted molar refractivity (Wildman–Crippen MR) is 69.9 cm³/mol. The molecule has 0 aromatic heterocycles. The average molecular weight is 250 g/mol. The van der Waals surface area contributed by atoms with Crippen LogP contribution in [0.15, 0.2) is 42.1 Å². The van der Waals surface area contributed by atoms with Crippen LogP contribution in [0.2, 0.25) is 0 Å². The van der Waals surface area contributed by atoms with Crippen molar-refractivity contribution in [1.29, 1.82) is 0 Å². The zero-order chi connectivity index (χ0) is 13.4. The number of ether oxygens (including phenoxy) is 1. The third-order valence-electron chi connectivity index (χ3n) is 2.34. The molecule has 0 aliphatic rings. The first-order valence-electron chi connectivity index (χ1n) is 5.63. The van der Waals surface area contributed by atoms with Gasteiger partial charge in [-0.15, -0.1) is 6.58 Å². The number of benzene rings is 1. The molecule has 1 atom stereocenters. The fraction of sp³-hybridized carbons (Fsp3) is 0.308. The number of aliphatic hydroxyl groups is 1. The Hall–Kier alpha value is -2.01. The maximum Gasteiger partial charge on any atom is 0.141 e.